The van der Waals surface area contributed by atoms with Gasteiger partial charge in [0.25, 0.3) is 0 Å². The summed E-state index contributed by atoms with van der Waals surface area (Å²) in [6.45, 7) is 3.61. The van der Waals surface area contributed by atoms with Gasteiger partial charge < -0.3 is 0 Å². The van der Waals surface area contributed by atoms with Crippen molar-refractivity contribution in [2.24, 2.45) is 18.9 Å². The number of nitrogens with zero attached hydrogens (tertiary/aromatic N) is 3. The molecule has 0 spiro atoms. The normalized spacial score (nSPS) is 18.9. The van der Waals surface area contributed by atoms with Crippen molar-refractivity contribution < 1.29 is 13.2 Å². The molecule has 8 heteroatoms. The van der Waals surface area contributed by atoms with E-state index in [1.165, 1.54) is 0 Å². The standard InChI is InChI=1S/C12H20N4O3S/c1-8(2)7-20(18,19)14-12(17)9-4-5-10-11(6-9)16(3)15-13-10/h8-9H,4-7H2,1-3H3,(H,14,17). The van der Waals surface area contributed by atoms with Crippen LogP contribution in [0.5, 0.6) is 0 Å². The van der Waals surface area contributed by atoms with Crippen LogP contribution in [0.15, 0.2) is 0 Å². The first kappa shape index (κ1) is 15.0. The minimum absolute atomic E-state index is 0.0143. The zero-order chi connectivity index (χ0) is 14.9. The quantitative estimate of drug-likeness (QED) is 0.846. The molecule has 7 nitrogen and oxygen atoms in total. The SMILES string of the molecule is CC(C)CS(=O)(=O)NC(=O)C1CCc2nnn(C)c2C1. The fraction of sp³-hybridized carbons (Fsp3) is 0.750. The summed E-state index contributed by atoms with van der Waals surface area (Å²) in [5, 5.41) is 7.95. The van der Waals surface area contributed by atoms with E-state index in [9.17, 15) is 13.2 Å². The van der Waals surface area contributed by atoms with Crippen LogP contribution >= 0.6 is 0 Å². The van der Waals surface area contributed by atoms with E-state index in [2.05, 4.69) is 15.0 Å². The van der Waals surface area contributed by atoms with Crippen LogP contribution in [0.1, 0.15) is 31.7 Å². The van der Waals surface area contributed by atoms with E-state index in [0.29, 0.717) is 19.3 Å². The number of sulfonamides is 1. The smallest absolute Gasteiger partial charge is 0.236 e. The van der Waals surface area contributed by atoms with Crippen molar-refractivity contribution in [1.82, 2.24) is 19.7 Å². The van der Waals surface area contributed by atoms with E-state index in [0.717, 1.165) is 11.4 Å². The second-order valence-electron chi connectivity index (χ2n) is 5.69. The molecule has 1 amide bonds. The number of hydrogen-bond acceptors (Lipinski definition) is 5. The molecule has 0 aromatic carbocycles. The molecule has 1 heterocycles. The molecule has 1 atom stereocenters. The van der Waals surface area contributed by atoms with Crippen molar-refractivity contribution in [2.45, 2.75) is 33.1 Å². The lowest BCUT2D eigenvalue weighted by Gasteiger charge is -2.21. The Hall–Kier alpha value is -1.44. The summed E-state index contributed by atoms with van der Waals surface area (Å²) in [5.74, 6) is -0.803. The third-order valence-electron chi connectivity index (χ3n) is 3.37. The molecular weight excluding hydrogens is 280 g/mol. The number of amides is 1. The van der Waals surface area contributed by atoms with Crippen LogP contribution in [0, 0.1) is 11.8 Å². The first-order valence-corrected chi connectivity index (χ1v) is 8.35. The molecule has 0 radical (unpaired) electrons. The van der Waals surface area contributed by atoms with Crippen molar-refractivity contribution in [1.29, 1.82) is 0 Å². The molecule has 1 aliphatic carbocycles. The van der Waals surface area contributed by atoms with E-state index >= 15 is 0 Å². The summed E-state index contributed by atoms with van der Waals surface area (Å²) in [5.41, 5.74) is 1.82. The minimum atomic E-state index is -3.54. The number of hydrogen-bond donors (Lipinski definition) is 1. The Morgan fingerprint density at radius 3 is 2.85 bits per heavy atom. The van der Waals surface area contributed by atoms with Gasteiger partial charge >= 0.3 is 0 Å². The highest BCUT2D eigenvalue weighted by Crippen LogP contribution is 2.23. The molecule has 1 aromatic heterocycles. The summed E-state index contributed by atoms with van der Waals surface area (Å²) in [4.78, 5) is 12.1. The van der Waals surface area contributed by atoms with Crippen molar-refractivity contribution in [2.75, 3.05) is 5.75 Å². The van der Waals surface area contributed by atoms with Crippen LogP contribution in [-0.4, -0.2) is 35.1 Å². The van der Waals surface area contributed by atoms with Crippen LogP contribution in [-0.2, 0) is 34.7 Å². The van der Waals surface area contributed by atoms with Crippen LogP contribution in [0.4, 0.5) is 0 Å². The first-order valence-electron chi connectivity index (χ1n) is 6.70. The highest BCUT2D eigenvalue weighted by atomic mass is 32.2. The van der Waals surface area contributed by atoms with Gasteiger partial charge in [-0.05, 0) is 18.8 Å². The summed E-state index contributed by atoms with van der Waals surface area (Å²) < 4.78 is 27.4. The summed E-state index contributed by atoms with van der Waals surface area (Å²) in [6, 6.07) is 0. The Bertz CT molecular complexity index is 606. The van der Waals surface area contributed by atoms with Crippen LogP contribution in [0.25, 0.3) is 0 Å². The van der Waals surface area contributed by atoms with E-state index in [1.54, 1.807) is 25.6 Å². The molecule has 20 heavy (non-hydrogen) atoms. The first-order chi connectivity index (χ1) is 9.28. The van der Waals surface area contributed by atoms with E-state index < -0.39 is 15.9 Å². The van der Waals surface area contributed by atoms with Crippen LogP contribution in [0.3, 0.4) is 0 Å². The molecule has 112 valence electrons. The molecule has 1 N–H and O–H groups in total. The number of aryl methyl sites for hydroxylation is 2. The van der Waals surface area contributed by atoms with Gasteiger partial charge in [0, 0.05) is 19.4 Å². The predicted octanol–water partition coefficient (Wildman–Crippen LogP) is 0.0220. The molecule has 0 saturated carbocycles. The average Bonchev–Trinajstić information content (AvgIpc) is 2.68. The van der Waals surface area contributed by atoms with Gasteiger partial charge in [0.05, 0.1) is 17.1 Å². The fourth-order valence-electron chi connectivity index (χ4n) is 2.45. The fourth-order valence-corrected chi connectivity index (χ4v) is 3.89. The summed E-state index contributed by atoms with van der Waals surface area (Å²) in [7, 11) is -1.76. The Balaban J connectivity index is 2.03. The Kier molecular flexibility index (Phi) is 4.12. The molecular formula is C12H20N4O3S. The van der Waals surface area contributed by atoms with Crippen molar-refractivity contribution in [3.63, 3.8) is 0 Å². The zero-order valence-electron chi connectivity index (χ0n) is 12.0. The largest absolute Gasteiger partial charge is 0.274 e. The maximum atomic E-state index is 12.1. The van der Waals surface area contributed by atoms with Gasteiger partial charge in [-0.1, -0.05) is 19.1 Å². The van der Waals surface area contributed by atoms with E-state index in [-0.39, 0.29) is 17.6 Å². The number of rotatable bonds is 4. The van der Waals surface area contributed by atoms with Gasteiger partial charge in [-0.3, -0.25) is 14.2 Å². The third kappa shape index (κ3) is 3.36. The van der Waals surface area contributed by atoms with E-state index in [1.807, 2.05) is 0 Å². The molecule has 0 saturated heterocycles. The minimum Gasteiger partial charge on any atom is -0.274 e. The van der Waals surface area contributed by atoms with Crippen LogP contribution in [0.2, 0.25) is 0 Å². The Morgan fingerprint density at radius 2 is 2.20 bits per heavy atom. The summed E-state index contributed by atoms with van der Waals surface area (Å²) in [6.07, 6.45) is 1.75. The topological polar surface area (TPSA) is 93.9 Å². The maximum Gasteiger partial charge on any atom is 0.236 e. The number of aromatic nitrogens is 3. The predicted molar refractivity (Wildman–Crippen MR) is 73.3 cm³/mol. The van der Waals surface area contributed by atoms with Crippen LogP contribution < -0.4 is 4.72 Å². The molecule has 0 aliphatic heterocycles. The van der Waals surface area contributed by atoms with Gasteiger partial charge in [0.15, 0.2) is 0 Å². The van der Waals surface area contributed by atoms with Gasteiger partial charge in [0.1, 0.15) is 0 Å². The zero-order valence-corrected chi connectivity index (χ0v) is 12.8. The van der Waals surface area contributed by atoms with Gasteiger partial charge in [-0.25, -0.2) is 8.42 Å². The molecule has 1 aromatic rings. The Labute approximate surface area is 118 Å². The highest BCUT2D eigenvalue weighted by molar-refractivity contribution is 7.90. The second kappa shape index (κ2) is 5.51. The lowest BCUT2D eigenvalue weighted by molar-refractivity contribution is -0.123. The number of carbonyl (C=O) groups excluding carboxylic acids is 1. The van der Waals surface area contributed by atoms with Gasteiger partial charge in [0.2, 0.25) is 15.9 Å². The van der Waals surface area contributed by atoms with Gasteiger partial charge in [-0.2, -0.15) is 0 Å². The molecule has 2 rings (SSSR count). The number of fused-ring (bicyclic) bond motifs is 1. The lowest BCUT2D eigenvalue weighted by Crippen LogP contribution is -2.40. The molecule has 1 unspecified atom stereocenters. The second-order valence-corrected chi connectivity index (χ2v) is 7.45. The van der Waals surface area contributed by atoms with E-state index in [4.69, 9.17) is 0 Å². The van der Waals surface area contributed by atoms with Crippen molar-refractivity contribution in [3.05, 3.63) is 11.4 Å². The Morgan fingerprint density at radius 1 is 1.50 bits per heavy atom. The summed E-state index contributed by atoms with van der Waals surface area (Å²) >= 11 is 0. The van der Waals surface area contributed by atoms with Crippen molar-refractivity contribution >= 4 is 15.9 Å². The van der Waals surface area contributed by atoms with Gasteiger partial charge in [-0.15, -0.1) is 5.10 Å². The third-order valence-corrected chi connectivity index (χ3v) is 4.99. The molecule has 0 bridgehead atoms. The molecule has 1 aliphatic rings. The maximum absolute atomic E-state index is 12.1. The monoisotopic (exact) mass is 300 g/mol. The number of nitrogens with one attached hydrogen (secondary N) is 1. The molecule has 0 fully saturated rings. The highest BCUT2D eigenvalue weighted by Gasteiger charge is 2.30. The van der Waals surface area contributed by atoms with Crippen molar-refractivity contribution in [3.8, 4) is 0 Å². The average molecular weight is 300 g/mol. The lowest BCUT2D eigenvalue weighted by atomic mass is 9.89. The number of carbonyl (C=O) groups is 1.